The molecule has 1 N–H and O–H groups in total. The van der Waals surface area contributed by atoms with Crippen molar-refractivity contribution in [3.8, 4) is 0 Å². The third-order valence-electron chi connectivity index (χ3n) is 2.15. The first-order valence-corrected chi connectivity index (χ1v) is 5.06. The molecule has 1 atom stereocenters. The monoisotopic (exact) mass is 223 g/mol. The lowest BCUT2D eigenvalue weighted by atomic mass is 10.2. The van der Waals surface area contributed by atoms with Crippen molar-refractivity contribution in [3.05, 3.63) is 16.1 Å². The smallest absolute Gasteiger partial charge is 0.379 e. The van der Waals surface area contributed by atoms with Gasteiger partial charge in [-0.3, -0.25) is 0 Å². The number of nitrogens with zero attached hydrogens (tertiary/aromatic N) is 1. The van der Waals surface area contributed by atoms with Gasteiger partial charge in [-0.2, -0.15) is 13.2 Å². The Morgan fingerprint density at radius 3 is 2.64 bits per heavy atom. The highest BCUT2D eigenvalue weighted by molar-refractivity contribution is 7.09. The second-order valence-electron chi connectivity index (χ2n) is 3.32. The molecule has 6 heteroatoms. The van der Waals surface area contributed by atoms with E-state index in [2.05, 4.69) is 4.98 Å². The predicted octanol–water partition coefficient (Wildman–Crippen LogP) is 2.62. The van der Waals surface area contributed by atoms with Crippen LogP contribution in [0.2, 0.25) is 0 Å². The summed E-state index contributed by atoms with van der Waals surface area (Å²) >= 11 is 0.872. The zero-order chi connectivity index (χ0) is 10.3. The maximum Gasteiger partial charge on any atom is 0.419 e. The van der Waals surface area contributed by atoms with E-state index in [1.54, 1.807) is 0 Å². The first kappa shape index (κ1) is 9.92. The van der Waals surface area contributed by atoms with Crippen molar-refractivity contribution in [2.45, 2.75) is 31.0 Å². The molecule has 0 aliphatic heterocycles. The third-order valence-corrected chi connectivity index (χ3v) is 3.04. The van der Waals surface area contributed by atoms with Gasteiger partial charge in [-0.15, -0.1) is 11.3 Å². The average Bonchev–Trinajstić information content (AvgIpc) is 2.81. The van der Waals surface area contributed by atoms with Crippen LogP contribution in [0, 0.1) is 0 Å². The summed E-state index contributed by atoms with van der Waals surface area (Å²) < 4.78 is 36.6. The third kappa shape index (κ3) is 1.76. The molecule has 2 nitrogen and oxygen atoms in total. The lowest BCUT2D eigenvalue weighted by molar-refractivity contribution is -0.206. The maximum atomic E-state index is 12.2. The molecule has 0 aromatic carbocycles. The number of halogens is 3. The molecule has 1 aromatic heterocycles. The van der Waals surface area contributed by atoms with Gasteiger partial charge in [-0.25, -0.2) is 4.98 Å². The average molecular weight is 223 g/mol. The molecule has 2 rings (SSSR count). The largest absolute Gasteiger partial charge is 0.419 e. The number of aliphatic hydroxyl groups excluding tert-OH is 1. The van der Waals surface area contributed by atoms with Gasteiger partial charge in [0.25, 0.3) is 0 Å². The van der Waals surface area contributed by atoms with Crippen molar-refractivity contribution in [1.29, 1.82) is 0 Å². The van der Waals surface area contributed by atoms with E-state index in [0.29, 0.717) is 5.69 Å². The normalized spacial score (nSPS) is 19.7. The van der Waals surface area contributed by atoms with E-state index in [1.165, 1.54) is 5.51 Å². The maximum absolute atomic E-state index is 12.2. The van der Waals surface area contributed by atoms with Crippen LogP contribution in [-0.4, -0.2) is 16.3 Å². The molecule has 78 valence electrons. The molecule has 0 radical (unpaired) electrons. The van der Waals surface area contributed by atoms with Gasteiger partial charge in [0, 0.05) is 5.92 Å². The quantitative estimate of drug-likeness (QED) is 0.836. The van der Waals surface area contributed by atoms with Crippen LogP contribution in [0.25, 0.3) is 0 Å². The van der Waals surface area contributed by atoms with Crippen molar-refractivity contribution in [2.75, 3.05) is 0 Å². The SMILES string of the molecule is O[C@H](c1scnc1C1CC1)C(F)(F)F. The molecule has 0 spiro atoms. The van der Waals surface area contributed by atoms with Crippen molar-refractivity contribution >= 4 is 11.3 Å². The van der Waals surface area contributed by atoms with Crippen molar-refractivity contribution in [1.82, 2.24) is 4.98 Å². The van der Waals surface area contributed by atoms with Crippen LogP contribution >= 0.6 is 11.3 Å². The Morgan fingerprint density at radius 1 is 1.50 bits per heavy atom. The summed E-state index contributed by atoms with van der Waals surface area (Å²) in [7, 11) is 0. The molecule has 0 unspecified atom stereocenters. The summed E-state index contributed by atoms with van der Waals surface area (Å²) in [4.78, 5) is 3.83. The first-order valence-electron chi connectivity index (χ1n) is 4.18. The Labute approximate surface area is 82.4 Å². The molecular formula is C8H8F3NOS. The fourth-order valence-corrected chi connectivity index (χ4v) is 2.16. The van der Waals surface area contributed by atoms with E-state index < -0.39 is 12.3 Å². The van der Waals surface area contributed by atoms with Crippen LogP contribution in [0.5, 0.6) is 0 Å². The molecule has 0 saturated heterocycles. The van der Waals surface area contributed by atoms with Crippen LogP contribution in [0.4, 0.5) is 13.2 Å². The Bertz CT molecular complexity index is 332. The number of alkyl halides is 3. The zero-order valence-electron chi connectivity index (χ0n) is 7.08. The Morgan fingerprint density at radius 2 is 2.14 bits per heavy atom. The van der Waals surface area contributed by atoms with E-state index in [1.807, 2.05) is 0 Å². The van der Waals surface area contributed by atoms with Gasteiger partial charge in [0.2, 0.25) is 0 Å². The van der Waals surface area contributed by atoms with Crippen molar-refractivity contribution < 1.29 is 18.3 Å². The predicted molar refractivity (Wildman–Crippen MR) is 45.1 cm³/mol. The minimum atomic E-state index is -4.59. The van der Waals surface area contributed by atoms with Crippen LogP contribution in [-0.2, 0) is 0 Å². The van der Waals surface area contributed by atoms with Crippen LogP contribution in [0.15, 0.2) is 5.51 Å². The first-order chi connectivity index (χ1) is 6.50. The van der Waals surface area contributed by atoms with Crippen molar-refractivity contribution in [2.24, 2.45) is 0 Å². The van der Waals surface area contributed by atoms with E-state index in [-0.39, 0.29) is 10.8 Å². The second-order valence-corrected chi connectivity index (χ2v) is 4.21. The number of aromatic nitrogens is 1. The summed E-state index contributed by atoms with van der Waals surface area (Å²) in [6, 6.07) is 0. The zero-order valence-corrected chi connectivity index (χ0v) is 7.90. The Hall–Kier alpha value is -0.620. The Balaban J connectivity index is 2.26. The molecule has 1 aromatic rings. The lowest BCUT2D eigenvalue weighted by Gasteiger charge is -2.13. The van der Waals surface area contributed by atoms with E-state index in [0.717, 1.165) is 24.2 Å². The van der Waals surface area contributed by atoms with Gasteiger partial charge in [-0.05, 0) is 12.8 Å². The standard InChI is InChI=1S/C8H8F3NOS/c9-8(10,11)7(13)6-5(4-1-2-4)12-3-14-6/h3-4,7,13H,1-2H2/t7-/m1/s1. The molecule has 14 heavy (non-hydrogen) atoms. The summed E-state index contributed by atoms with van der Waals surface area (Å²) in [6.45, 7) is 0. The highest BCUT2D eigenvalue weighted by Crippen LogP contribution is 2.46. The number of hydrogen-bond donors (Lipinski definition) is 1. The summed E-state index contributed by atoms with van der Waals surface area (Å²) in [5, 5.41) is 9.05. The number of aliphatic hydroxyl groups is 1. The van der Waals surface area contributed by atoms with Crippen LogP contribution in [0.1, 0.15) is 35.4 Å². The molecule has 0 amide bonds. The fourth-order valence-electron chi connectivity index (χ4n) is 1.28. The van der Waals surface area contributed by atoms with Gasteiger partial charge in [0.15, 0.2) is 6.10 Å². The number of thiazole rings is 1. The molecule has 1 saturated carbocycles. The molecule has 1 aliphatic carbocycles. The van der Waals surface area contributed by atoms with Gasteiger partial charge in [0.05, 0.1) is 16.1 Å². The van der Waals surface area contributed by atoms with E-state index in [9.17, 15) is 13.2 Å². The van der Waals surface area contributed by atoms with Crippen LogP contribution in [0.3, 0.4) is 0 Å². The van der Waals surface area contributed by atoms with Gasteiger partial charge < -0.3 is 5.11 Å². The summed E-state index contributed by atoms with van der Waals surface area (Å²) in [5.41, 5.74) is 1.79. The van der Waals surface area contributed by atoms with Gasteiger partial charge in [-0.1, -0.05) is 0 Å². The second kappa shape index (κ2) is 3.20. The summed E-state index contributed by atoms with van der Waals surface area (Å²) in [6.07, 6.45) is -5.20. The number of rotatable bonds is 2. The minimum Gasteiger partial charge on any atom is -0.379 e. The molecular weight excluding hydrogens is 215 g/mol. The van der Waals surface area contributed by atoms with Crippen molar-refractivity contribution in [3.63, 3.8) is 0 Å². The molecule has 1 heterocycles. The highest BCUT2D eigenvalue weighted by atomic mass is 32.1. The van der Waals surface area contributed by atoms with Gasteiger partial charge >= 0.3 is 6.18 Å². The fraction of sp³-hybridized carbons (Fsp3) is 0.625. The van der Waals surface area contributed by atoms with Gasteiger partial charge in [0.1, 0.15) is 0 Å². The Kier molecular flexibility index (Phi) is 2.27. The van der Waals surface area contributed by atoms with E-state index in [4.69, 9.17) is 5.11 Å². The summed E-state index contributed by atoms with van der Waals surface area (Å²) in [5.74, 6) is 0.133. The molecule has 0 bridgehead atoms. The van der Waals surface area contributed by atoms with Crippen LogP contribution < -0.4 is 0 Å². The van der Waals surface area contributed by atoms with E-state index >= 15 is 0 Å². The number of hydrogen-bond acceptors (Lipinski definition) is 3. The highest BCUT2D eigenvalue weighted by Gasteiger charge is 2.43. The molecule has 1 fully saturated rings. The minimum absolute atomic E-state index is 0.0417. The topological polar surface area (TPSA) is 33.1 Å². The lowest BCUT2D eigenvalue weighted by Crippen LogP contribution is -2.20. The molecule has 1 aliphatic rings.